The predicted molar refractivity (Wildman–Crippen MR) is 106 cm³/mol. The third-order valence-electron chi connectivity index (χ3n) is 4.23. The second-order valence-corrected chi connectivity index (χ2v) is 6.92. The van der Waals surface area contributed by atoms with Crippen molar-refractivity contribution in [3.63, 3.8) is 0 Å². The number of nitrogen functional groups attached to an aromatic ring is 1. The fourth-order valence-corrected chi connectivity index (χ4v) is 3.45. The summed E-state index contributed by atoms with van der Waals surface area (Å²) in [5, 5.41) is 1.53. The SMILES string of the molecule is COc1ccc(NOC(=O)c2c(-c3ccc(C)c(F)c3F)csc2N)c(C=O)c1. The van der Waals surface area contributed by atoms with Gasteiger partial charge in [-0.1, -0.05) is 12.1 Å². The van der Waals surface area contributed by atoms with Crippen molar-refractivity contribution >= 4 is 34.3 Å². The number of halogens is 2. The number of aldehydes is 1. The summed E-state index contributed by atoms with van der Waals surface area (Å²) in [7, 11) is 1.45. The Balaban J connectivity index is 1.89. The fourth-order valence-electron chi connectivity index (χ4n) is 2.65. The van der Waals surface area contributed by atoms with Gasteiger partial charge in [0.1, 0.15) is 16.3 Å². The van der Waals surface area contributed by atoms with Crippen LogP contribution in [0.4, 0.5) is 19.5 Å². The average molecular weight is 418 g/mol. The number of nitrogens with two attached hydrogens (primary N) is 1. The lowest BCUT2D eigenvalue weighted by Gasteiger charge is -2.11. The Morgan fingerprint density at radius 1 is 1.17 bits per heavy atom. The highest BCUT2D eigenvalue weighted by molar-refractivity contribution is 7.15. The predicted octanol–water partition coefficient (Wildman–Crippen LogP) is 4.59. The summed E-state index contributed by atoms with van der Waals surface area (Å²) in [5.74, 6) is -2.54. The van der Waals surface area contributed by atoms with Gasteiger partial charge in [0.25, 0.3) is 0 Å². The first-order valence-corrected chi connectivity index (χ1v) is 9.17. The average Bonchev–Trinajstić information content (AvgIpc) is 3.11. The van der Waals surface area contributed by atoms with Crippen LogP contribution in [0.15, 0.2) is 35.7 Å². The Kier molecular flexibility index (Phi) is 5.79. The molecule has 0 bridgehead atoms. The largest absolute Gasteiger partial charge is 0.497 e. The van der Waals surface area contributed by atoms with Crippen LogP contribution in [-0.2, 0) is 4.84 Å². The summed E-state index contributed by atoms with van der Waals surface area (Å²) in [6, 6.07) is 7.29. The second-order valence-electron chi connectivity index (χ2n) is 6.01. The number of methoxy groups -OCH3 is 1. The van der Waals surface area contributed by atoms with E-state index in [1.807, 2.05) is 0 Å². The molecule has 2 aromatic carbocycles. The van der Waals surface area contributed by atoms with Crippen LogP contribution >= 0.6 is 11.3 Å². The smallest absolute Gasteiger partial charge is 0.366 e. The van der Waals surface area contributed by atoms with Gasteiger partial charge in [0, 0.05) is 22.1 Å². The summed E-state index contributed by atoms with van der Waals surface area (Å²) >= 11 is 0.995. The summed E-state index contributed by atoms with van der Waals surface area (Å²) in [6.07, 6.45) is 0.563. The molecule has 9 heteroatoms. The molecule has 0 saturated carbocycles. The normalized spacial score (nSPS) is 10.5. The van der Waals surface area contributed by atoms with Crippen LogP contribution in [0.3, 0.4) is 0 Å². The molecule has 0 unspecified atom stereocenters. The molecule has 1 aromatic heterocycles. The van der Waals surface area contributed by atoms with E-state index in [9.17, 15) is 18.4 Å². The maximum absolute atomic E-state index is 14.4. The number of carbonyl (C=O) groups is 2. The molecule has 0 spiro atoms. The topological polar surface area (TPSA) is 90.7 Å². The second kappa shape index (κ2) is 8.27. The number of rotatable bonds is 6. The zero-order chi connectivity index (χ0) is 21.1. The van der Waals surface area contributed by atoms with Gasteiger partial charge in [0.2, 0.25) is 0 Å². The van der Waals surface area contributed by atoms with Crippen molar-refractivity contribution in [3.05, 3.63) is 64.0 Å². The van der Waals surface area contributed by atoms with Gasteiger partial charge in [-0.15, -0.1) is 11.3 Å². The summed E-state index contributed by atoms with van der Waals surface area (Å²) in [6.45, 7) is 1.43. The molecule has 150 valence electrons. The van der Waals surface area contributed by atoms with Crippen LogP contribution in [0.2, 0.25) is 0 Å². The third-order valence-corrected chi connectivity index (χ3v) is 5.04. The van der Waals surface area contributed by atoms with Gasteiger partial charge in [0.05, 0.1) is 12.8 Å². The molecule has 6 nitrogen and oxygen atoms in total. The van der Waals surface area contributed by atoms with Crippen molar-refractivity contribution in [1.29, 1.82) is 0 Å². The molecular weight excluding hydrogens is 402 g/mol. The van der Waals surface area contributed by atoms with Crippen molar-refractivity contribution in [3.8, 4) is 16.9 Å². The van der Waals surface area contributed by atoms with Crippen LogP contribution in [-0.4, -0.2) is 19.4 Å². The molecule has 0 aliphatic rings. The van der Waals surface area contributed by atoms with Crippen molar-refractivity contribution in [2.75, 3.05) is 18.3 Å². The molecular formula is C20H16F2N2O4S. The van der Waals surface area contributed by atoms with E-state index < -0.39 is 17.6 Å². The number of carbonyl (C=O) groups excluding carboxylic acids is 2. The van der Waals surface area contributed by atoms with Gasteiger partial charge in [0.15, 0.2) is 17.9 Å². The minimum absolute atomic E-state index is 0.0810. The Hall–Kier alpha value is -3.46. The molecule has 3 aromatic rings. The quantitative estimate of drug-likeness (QED) is 0.450. The molecule has 0 amide bonds. The van der Waals surface area contributed by atoms with Crippen LogP contribution in [0, 0.1) is 18.6 Å². The van der Waals surface area contributed by atoms with E-state index >= 15 is 0 Å². The lowest BCUT2D eigenvalue weighted by molar-refractivity contribution is 0.0598. The Labute approximate surface area is 168 Å². The lowest BCUT2D eigenvalue weighted by atomic mass is 10.0. The van der Waals surface area contributed by atoms with E-state index in [4.69, 9.17) is 15.3 Å². The maximum Gasteiger partial charge on any atom is 0.366 e. The first-order valence-electron chi connectivity index (χ1n) is 8.29. The van der Waals surface area contributed by atoms with Gasteiger partial charge >= 0.3 is 5.97 Å². The Morgan fingerprint density at radius 2 is 1.93 bits per heavy atom. The minimum Gasteiger partial charge on any atom is -0.497 e. The number of thiophene rings is 1. The highest BCUT2D eigenvalue weighted by atomic mass is 32.1. The number of nitrogens with one attached hydrogen (secondary N) is 1. The van der Waals surface area contributed by atoms with Crippen molar-refractivity contribution in [2.45, 2.75) is 6.92 Å². The highest BCUT2D eigenvalue weighted by Gasteiger charge is 2.24. The molecule has 1 heterocycles. The number of hydrogen-bond donors (Lipinski definition) is 2. The Morgan fingerprint density at radius 3 is 2.62 bits per heavy atom. The highest BCUT2D eigenvalue weighted by Crippen LogP contribution is 2.36. The van der Waals surface area contributed by atoms with E-state index in [0.717, 1.165) is 11.3 Å². The number of hydrogen-bond acceptors (Lipinski definition) is 7. The fraction of sp³-hybridized carbons (Fsp3) is 0.100. The van der Waals surface area contributed by atoms with Gasteiger partial charge in [-0.2, -0.15) is 0 Å². The molecule has 0 fully saturated rings. The third kappa shape index (κ3) is 3.90. The zero-order valence-electron chi connectivity index (χ0n) is 15.4. The van der Waals surface area contributed by atoms with E-state index in [1.54, 1.807) is 6.07 Å². The Bertz CT molecular complexity index is 1100. The number of benzene rings is 2. The lowest BCUT2D eigenvalue weighted by Crippen LogP contribution is -2.13. The van der Waals surface area contributed by atoms with E-state index in [-0.39, 0.29) is 38.5 Å². The van der Waals surface area contributed by atoms with E-state index in [1.165, 1.54) is 43.7 Å². The zero-order valence-corrected chi connectivity index (χ0v) is 16.2. The van der Waals surface area contributed by atoms with Crippen molar-refractivity contribution in [1.82, 2.24) is 0 Å². The first kappa shape index (κ1) is 20.3. The molecule has 0 atom stereocenters. The summed E-state index contributed by atoms with van der Waals surface area (Å²) in [4.78, 5) is 28.9. The molecule has 0 saturated heterocycles. The number of ether oxygens (including phenoxy) is 1. The van der Waals surface area contributed by atoms with Crippen LogP contribution in [0.1, 0.15) is 26.3 Å². The molecule has 3 rings (SSSR count). The monoisotopic (exact) mass is 418 g/mol. The summed E-state index contributed by atoms with van der Waals surface area (Å²) in [5.41, 5.74) is 8.71. The van der Waals surface area contributed by atoms with Gasteiger partial charge in [-0.3, -0.25) is 4.79 Å². The first-order chi connectivity index (χ1) is 13.9. The van der Waals surface area contributed by atoms with Crippen LogP contribution in [0.5, 0.6) is 5.75 Å². The number of aryl methyl sites for hydroxylation is 1. The van der Waals surface area contributed by atoms with Gasteiger partial charge in [-0.05, 0) is 30.7 Å². The molecule has 0 radical (unpaired) electrons. The van der Waals surface area contributed by atoms with Crippen molar-refractivity contribution < 1.29 is 27.9 Å². The standard InChI is InChI=1S/C20H16F2N2O4S/c1-10-3-5-13(18(22)17(10)21)14-9-29-19(23)16(14)20(26)28-24-15-6-4-12(27-2)7-11(15)8-25/h3-9,24H,23H2,1-2H3. The number of anilines is 2. The van der Waals surface area contributed by atoms with E-state index in [0.29, 0.717) is 12.0 Å². The van der Waals surface area contributed by atoms with Gasteiger partial charge in [-0.25, -0.2) is 19.1 Å². The van der Waals surface area contributed by atoms with Crippen molar-refractivity contribution in [2.24, 2.45) is 0 Å². The molecule has 3 N–H and O–H groups in total. The molecule has 0 aliphatic heterocycles. The maximum atomic E-state index is 14.4. The van der Waals surface area contributed by atoms with E-state index in [2.05, 4.69) is 5.48 Å². The van der Waals surface area contributed by atoms with Crippen LogP contribution in [0.25, 0.3) is 11.1 Å². The minimum atomic E-state index is -1.08. The van der Waals surface area contributed by atoms with Gasteiger partial charge < -0.3 is 15.3 Å². The summed E-state index contributed by atoms with van der Waals surface area (Å²) < 4.78 is 33.4. The van der Waals surface area contributed by atoms with Crippen LogP contribution < -0.4 is 16.0 Å². The molecule has 0 aliphatic carbocycles. The molecule has 29 heavy (non-hydrogen) atoms.